The Balaban J connectivity index is 1.84. The van der Waals surface area contributed by atoms with Gasteiger partial charge in [0.1, 0.15) is 11.9 Å². The monoisotopic (exact) mass is 389 g/mol. The van der Waals surface area contributed by atoms with Crippen LogP contribution >= 0.6 is 0 Å². The van der Waals surface area contributed by atoms with Crippen LogP contribution in [-0.2, 0) is 21.2 Å². The lowest BCUT2D eigenvalue weighted by Gasteiger charge is -2.33. The molecule has 0 N–H and O–H groups in total. The number of likely N-dealkylation sites (N-methyl/N-ethyl adjacent to an activating group) is 1. The zero-order valence-corrected chi connectivity index (χ0v) is 16.4. The van der Waals surface area contributed by atoms with Gasteiger partial charge in [0.2, 0.25) is 15.9 Å². The Bertz CT molecular complexity index is 931. The molecule has 27 heavy (non-hydrogen) atoms. The summed E-state index contributed by atoms with van der Waals surface area (Å²) in [6.07, 6.45) is 3.81. The minimum atomic E-state index is -3.68. The second-order valence-corrected chi connectivity index (χ2v) is 8.66. The minimum Gasteiger partial charge on any atom is -0.487 e. The molecular formula is C19H23N3O4S. The Morgan fingerprint density at radius 3 is 2.67 bits per heavy atom. The van der Waals surface area contributed by atoms with Crippen LogP contribution in [0, 0.1) is 0 Å². The van der Waals surface area contributed by atoms with Gasteiger partial charge in [-0.15, -0.1) is 0 Å². The van der Waals surface area contributed by atoms with E-state index in [1.54, 1.807) is 30.4 Å². The maximum Gasteiger partial charge on any atom is 0.242 e. The molecule has 0 spiro atoms. The highest BCUT2D eigenvalue weighted by Crippen LogP contribution is 2.36. The number of ether oxygens (including phenoxy) is 1. The van der Waals surface area contributed by atoms with E-state index in [4.69, 9.17) is 4.74 Å². The number of fused-ring (bicyclic) bond motifs is 1. The lowest BCUT2D eigenvalue weighted by molar-refractivity contribution is -0.117. The zero-order chi connectivity index (χ0) is 19.6. The summed E-state index contributed by atoms with van der Waals surface area (Å²) in [6, 6.07) is 8.38. The van der Waals surface area contributed by atoms with Gasteiger partial charge in [-0.05, 0) is 49.2 Å². The standard InChI is InChI=1S/C19H23N3O4S/c1-14-13-22(15(2)23)18-12-17(4-5-19(18)26-14)27(24,25)21(3)11-8-16-6-9-20-10-7-16/h4-7,9-10,12,14H,8,11,13H2,1-3H3. The molecule has 1 atom stereocenters. The fourth-order valence-electron chi connectivity index (χ4n) is 3.01. The predicted molar refractivity (Wildman–Crippen MR) is 102 cm³/mol. The number of amides is 1. The molecule has 1 aliphatic rings. The minimum absolute atomic E-state index is 0.142. The number of hydrogen-bond donors (Lipinski definition) is 0. The first-order chi connectivity index (χ1) is 12.8. The first-order valence-electron chi connectivity index (χ1n) is 8.73. The van der Waals surface area contributed by atoms with E-state index in [-0.39, 0.29) is 16.9 Å². The van der Waals surface area contributed by atoms with Gasteiger partial charge in [0, 0.05) is 32.9 Å². The molecule has 0 fully saturated rings. The summed E-state index contributed by atoms with van der Waals surface area (Å²) in [5, 5.41) is 0. The highest BCUT2D eigenvalue weighted by molar-refractivity contribution is 7.89. The third-order valence-electron chi connectivity index (χ3n) is 4.54. The number of benzene rings is 1. The second kappa shape index (κ2) is 7.66. The van der Waals surface area contributed by atoms with Crippen molar-refractivity contribution >= 4 is 21.6 Å². The average Bonchev–Trinajstić information content (AvgIpc) is 2.65. The van der Waals surface area contributed by atoms with Crippen LogP contribution < -0.4 is 9.64 Å². The molecule has 3 rings (SSSR count). The largest absolute Gasteiger partial charge is 0.487 e. The number of carbonyl (C=O) groups is 1. The van der Waals surface area contributed by atoms with Crippen LogP contribution in [-0.4, -0.2) is 49.9 Å². The maximum absolute atomic E-state index is 12.9. The SMILES string of the molecule is CC(=O)N1CC(C)Oc2ccc(S(=O)(=O)N(C)CCc3ccncc3)cc21. The summed E-state index contributed by atoms with van der Waals surface area (Å²) >= 11 is 0. The molecule has 1 amide bonds. The van der Waals surface area contributed by atoms with Crippen molar-refractivity contribution in [2.75, 3.05) is 25.0 Å². The van der Waals surface area contributed by atoms with Crippen molar-refractivity contribution in [2.24, 2.45) is 0 Å². The summed E-state index contributed by atoms with van der Waals surface area (Å²) in [5.74, 6) is 0.370. The number of aromatic nitrogens is 1. The van der Waals surface area contributed by atoms with Crippen molar-refractivity contribution in [1.82, 2.24) is 9.29 Å². The molecule has 8 heteroatoms. The molecule has 1 aliphatic heterocycles. The number of pyridine rings is 1. The molecule has 1 unspecified atom stereocenters. The third kappa shape index (κ3) is 4.12. The van der Waals surface area contributed by atoms with E-state index in [0.717, 1.165) is 5.56 Å². The van der Waals surface area contributed by atoms with Gasteiger partial charge in [-0.3, -0.25) is 9.78 Å². The van der Waals surface area contributed by atoms with Crippen LogP contribution in [0.5, 0.6) is 5.75 Å². The van der Waals surface area contributed by atoms with E-state index in [9.17, 15) is 13.2 Å². The highest BCUT2D eigenvalue weighted by Gasteiger charge is 2.29. The molecule has 2 aromatic rings. The molecule has 0 saturated heterocycles. The van der Waals surface area contributed by atoms with Crippen molar-refractivity contribution in [3.8, 4) is 5.75 Å². The molecule has 1 aromatic heterocycles. The Kier molecular flexibility index (Phi) is 5.48. The number of hydrogen-bond acceptors (Lipinski definition) is 5. The van der Waals surface area contributed by atoms with Gasteiger partial charge >= 0.3 is 0 Å². The summed E-state index contributed by atoms with van der Waals surface area (Å²) in [6.45, 7) is 4.07. The fraction of sp³-hybridized carbons (Fsp3) is 0.368. The molecule has 1 aromatic carbocycles. The normalized spacial score (nSPS) is 16.7. The number of sulfonamides is 1. The van der Waals surface area contributed by atoms with Crippen LogP contribution in [0.1, 0.15) is 19.4 Å². The van der Waals surface area contributed by atoms with E-state index >= 15 is 0 Å². The van der Waals surface area contributed by atoms with Crippen molar-refractivity contribution in [3.63, 3.8) is 0 Å². The van der Waals surface area contributed by atoms with Gasteiger partial charge in [-0.2, -0.15) is 0 Å². The summed E-state index contributed by atoms with van der Waals surface area (Å²) in [5.41, 5.74) is 1.51. The maximum atomic E-state index is 12.9. The van der Waals surface area contributed by atoms with E-state index in [0.29, 0.717) is 30.9 Å². The van der Waals surface area contributed by atoms with Crippen LogP contribution in [0.4, 0.5) is 5.69 Å². The van der Waals surface area contributed by atoms with Gasteiger partial charge in [-0.1, -0.05) is 0 Å². The Morgan fingerprint density at radius 1 is 1.30 bits per heavy atom. The van der Waals surface area contributed by atoms with E-state index in [2.05, 4.69) is 4.98 Å². The van der Waals surface area contributed by atoms with Gasteiger partial charge in [0.05, 0.1) is 17.1 Å². The first kappa shape index (κ1) is 19.3. The molecule has 2 heterocycles. The average molecular weight is 389 g/mol. The molecule has 0 bridgehead atoms. The summed E-state index contributed by atoms with van der Waals surface area (Å²) in [7, 11) is -2.13. The smallest absolute Gasteiger partial charge is 0.242 e. The van der Waals surface area contributed by atoms with Gasteiger partial charge in [0.25, 0.3) is 0 Å². The van der Waals surface area contributed by atoms with Crippen molar-refractivity contribution < 1.29 is 17.9 Å². The molecule has 144 valence electrons. The van der Waals surface area contributed by atoms with Gasteiger partial charge in [0.15, 0.2) is 0 Å². The van der Waals surface area contributed by atoms with Crippen LogP contribution in [0.3, 0.4) is 0 Å². The number of rotatable bonds is 5. The first-order valence-corrected chi connectivity index (χ1v) is 10.2. The van der Waals surface area contributed by atoms with Crippen molar-refractivity contribution in [2.45, 2.75) is 31.3 Å². The topological polar surface area (TPSA) is 79.8 Å². The number of carbonyl (C=O) groups excluding carboxylic acids is 1. The highest BCUT2D eigenvalue weighted by atomic mass is 32.2. The molecular weight excluding hydrogens is 366 g/mol. The van der Waals surface area contributed by atoms with Crippen molar-refractivity contribution in [3.05, 3.63) is 48.3 Å². The van der Waals surface area contributed by atoms with Crippen molar-refractivity contribution in [1.29, 1.82) is 0 Å². The second-order valence-electron chi connectivity index (χ2n) is 6.62. The fourth-order valence-corrected chi connectivity index (χ4v) is 4.20. The number of nitrogens with zero attached hydrogens (tertiary/aromatic N) is 3. The van der Waals surface area contributed by atoms with Crippen LogP contribution in [0.15, 0.2) is 47.6 Å². The third-order valence-corrected chi connectivity index (χ3v) is 6.39. The lowest BCUT2D eigenvalue weighted by atomic mass is 10.2. The zero-order valence-electron chi connectivity index (χ0n) is 15.6. The summed E-state index contributed by atoms with van der Waals surface area (Å²) in [4.78, 5) is 17.6. The molecule has 7 nitrogen and oxygen atoms in total. The predicted octanol–water partition coefficient (Wildman–Crippen LogP) is 2.08. The molecule has 0 saturated carbocycles. The quantitative estimate of drug-likeness (QED) is 0.782. The molecule has 0 aliphatic carbocycles. The Labute approximate surface area is 159 Å². The van der Waals surface area contributed by atoms with Crippen LogP contribution in [0.25, 0.3) is 0 Å². The van der Waals surface area contributed by atoms with E-state index in [1.807, 2.05) is 19.1 Å². The summed E-state index contributed by atoms with van der Waals surface area (Å²) < 4.78 is 33.0. The van der Waals surface area contributed by atoms with Crippen LogP contribution in [0.2, 0.25) is 0 Å². The van der Waals surface area contributed by atoms with Gasteiger partial charge < -0.3 is 9.64 Å². The van der Waals surface area contributed by atoms with E-state index in [1.165, 1.54) is 23.4 Å². The molecule has 0 radical (unpaired) electrons. The van der Waals surface area contributed by atoms with E-state index < -0.39 is 10.0 Å². The lowest BCUT2D eigenvalue weighted by Crippen LogP contribution is -2.41. The Hall–Kier alpha value is -2.45. The van der Waals surface area contributed by atoms with Gasteiger partial charge in [-0.25, -0.2) is 12.7 Å². The number of anilines is 1. The Morgan fingerprint density at radius 2 is 2.00 bits per heavy atom.